The van der Waals surface area contributed by atoms with Gasteiger partial charge in [0.05, 0.1) is 14.2 Å². The van der Waals surface area contributed by atoms with Gasteiger partial charge in [0.25, 0.3) is 0 Å². The lowest BCUT2D eigenvalue weighted by molar-refractivity contribution is 0.0761. The highest BCUT2D eigenvalue weighted by Crippen LogP contribution is 2.60. The summed E-state index contributed by atoms with van der Waals surface area (Å²) in [6.07, 6.45) is 2.20. The molecule has 0 fully saturated rings. The Hall–Kier alpha value is -1.47. The van der Waals surface area contributed by atoms with Gasteiger partial charge in [-0.2, -0.15) is 8.42 Å². The van der Waals surface area contributed by atoms with E-state index in [9.17, 15) is 18.1 Å². The van der Waals surface area contributed by atoms with Crippen molar-refractivity contribution in [2.75, 3.05) is 14.2 Å². The summed E-state index contributed by atoms with van der Waals surface area (Å²) in [4.78, 5) is -0.633. The molecule has 1 unspecified atom stereocenters. The summed E-state index contributed by atoms with van der Waals surface area (Å²) in [5.74, 6) is -0.233. The van der Waals surface area contributed by atoms with Crippen LogP contribution in [0.25, 0.3) is 0 Å². The molecule has 1 rings (SSSR count). The molecule has 0 aliphatic rings. The number of aromatic hydroxyl groups is 1. The van der Waals surface area contributed by atoms with E-state index < -0.39 is 20.8 Å². The van der Waals surface area contributed by atoms with Crippen LogP contribution in [0.5, 0.6) is 17.2 Å². The summed E-state index contributed by atoms with van der Waals surface area (Å²) in [7, 11) is -2.05. The highest BCUT2D eigenvalue weighted by Gasteiger charge is 2.47. The maximum Gasteiger partial charge on any atom is 0.302 e. The van der Waals surface area contributed by atoms with E-state index in [1.54, 1.807) is 0 Å². The molecule has 0 saturated heterocycles. The summed E-state index contributed by atoms with van der Waals surface area (Å²) in [5.41, 5.74) is 0.583. The van der Waals surface area contributed by atoms with Gasteiger partial charge in [-0.05, 0) is 47.3 Å². The lowest BCUT2D eigenvalue weighted by Crippen LogP contribution is -2.38. The predicted octanol–water partition coefficient (Wildman–Crippen LogP) is 6.84. The van der Waals surface area contributed by atoms with Crippen LogP contribution in [-0.4, -0.2) is 32.3 Å². The Morgan fingerprint density at radius 1 is 0.909 bits per heavy atom. The molecule has 0 aromatic heterocycles. The zero-order valence-corrected chi connectivity index (χ0v) is 23.5. The van der Waals surface area contributed by atoms with E-state index in [0.717, 1.165) is 12.8 Å². The molecule has 0 spiro atoms. The van der Waals surface area contributed by atoms with Crippen LogP contribution in [0, 0.1) is 22.2 Å². The van der Waals surface area contributed by atoms with Gasteiger partial charge >= 0.3 is 10.1 Å². The second kappa shape index (κ2) is 10.0. The summed E-state index contributed by atoms with van der Waals surface area (Å²) in [5, 5.41) is 11.5. The number of hydrogen-bond acceptors (Lipinski definition) is 5. The fraction of sp³-hybridized carbons (Fsp3) is 0.769. The summed E-state index contributed by atoms with van der Waals surface area (Å²) in [6, 6.07) is 0. The van der Waals surface area contributed by atoms with Gasteiger partial charge in [-0.1, -0.05) is 69.2 Å². The Kier molecular flexibility index (Phi) is 8.98. The fourth-order valence-corrected chi connectivity index (χ4v) is 7.28. The zero-order valence-electron chi connectivity index (χ0n) is 22.7. The highest BCUT2D eigenvalue weighted by molar-refractivity contribution is 7.86. The minimum atomic E-state index is -4.79. The van der Waals surface area contributed by atoms with Crippen LogP contribution in [0.1, 0.15) is 99.1 Å². The van der Waals surface area contributed by atoms with E-state index in [1.165, 1.54) is 14.2 Å². The minimum absolute atomic E-state index is 0.0000985. The third kappa shape index (κ3) is 6.56. The van der Waals surface area contributed by atoms with E-state index in [-0.39, 0.29) is 33.7 Å². The quantitative estimate of drug-likeness (QED) is 0.352. The molecule has 0 aliphatic carbocycles. The van der Waals surface area contributed by atoms with Crippen LogP contribution in [0.3, 0.4) is 0 Å². The molecule has 33 heavy (non-hydrogen) atoms. The van der Waals surface area contributed by atoms with Gasteiger partial charge in [0, 0.05) is 11.1 Å². The normalized spacial score (nSPS) is 14.5. The second-order valence-electron chi connectivity index (χ2n) is 12.2. The van der Waals surface area contributed by atoms with Crippen molar-refractivity contribution in [3.8, 4) is 17.2 Å². The average Bonchev–Trinajstić information content (AvgIpc) is 2.57. The Bertz CT molecular complexity index is 937. The standard InChI is InChI=1S/C26H46O6S/c1-13-17-18(19(27)22(33(28,29)30)21(32-12)20(17)31-11)23(25(7,8)14-16(2)3)26(9,10)15-24(4,5)6/h16,23,27H,13-15H2,1-12H3,(H,28,29,30). The topological polar surface area (TPSA) is 93.1 Å². The van der Waals surface area contributed by atoms with Crippen LogP contribution in [-0.2, 0) is 16.5 Å². The average molecular weight is 487 g/mol. The van der Waals surface area contributed by atoms with E-state index >= 15 is 0 Å². The molecule has 1 aromatic carbocycles. The number of methoxy groups -OCH3 is 2. The number of ether oxygens (including phenoxy) is 2. The van der Waals surface area contributed by atoms with Crippen LogP contribution in [0.15, 0.2) is 4.90 Å². The van der Waals surface area contributed by atoms with Gasteiger partial charge in [-0.25, -0.2) is 0 Å². The molecular weight excluding hydrogens is 440 g/mol. The number of phenols is 1. The Labute approximate surface area is 201 Å². The van der Waals surface area contributed by atoms with Crippen molar-refractivity contribution in [3.05, 3.63) is 11.1 Å². The number of phenolic OH excluding ortho intramolecular Hbond substituents is 1. The van der Waals surface area contributed by atoms with E-state index in [0.29, 0.717) is 23.5 Å². The van der Waals surface area contributed by atoms with Crippen molar-refractivity contribution in [2.24, 2.45) is 22.2 Å². The van der Waals surface area contributed by atoms with Crippen LogP contribution >= 0.6 is 0 Å². The first-order valence-electron chi connectivity index (χ1n) is 11.7. The molecular formula is C26H46O6S. The smallest absolute Gasteiger partial charge is 0.302 e. The summed E-state index contributed by atoms with van der Waals surface area (Å²) >= 11 is 0. The molecule has 1 atom stereocenters. The number of benzene rings is 1. The molecule has 7 heteroatoms. The third-order valence-electron chi connectivity index (χ3n) is 6.27. The van der Waals surface area contributed by atoms with Crippen LogP contribution in [0.2, 0.25) is 0 Å². The van der Waals surface area contributed by atoms with E-state index in [1.807, 2.05) is 6.92 Å². The first kappa shape index (κ1) is 29.6. The molecule has 1 aromatic rings. The van der Waals surface area contributed by atoms with Crippen molar-refractivity contribution < 1.29 is 27.6 Å². The lowest BCUT2D eigenvalue weighted by Gasteiger charge is -2.49. The molecule has 6 nitrogen and oxygen atoms in total. The minimum Gasteiger partial charge on any atom is -0.506 e. The maximum absolute atomic E-state index is 12.4. The van der Waals surface area contributed by atoms with Gasteiger partial charge < -0.3 is 14.6 Å². The van der Waals surface area contributed by atoms with Gasteiger partial charge in [0.1, 0.15) is 5.75 Å². The molecule has 0 saturated carbocycles. The van der Waals surface area contributed by atoms with Gasteiger partial charge in [-0.3, -0.25) is 4.55 Å². The number of hydrogen-bond donors (Lipinski definition) is 2. The molecule has 0 heterocycles. The second-order valence-corrected chi connectivity index (χ2v) is 13.6. The largest absolute Gasteiger partial charge is 0.506 e. The Morgan fingerprint density at radius 2 is 1.39 bits per heavy atom. The van der Waals surface area contributed by atoms with Crippen LogP contribution in [0.4, 0.5) is 0 Å². The first-order chi connectivity index (χ1) is 14.7. The molecule has 2 N–H and O–H groups in total. The van der Waals surface area contributed by atoms with Crippen molar-refractivity contribution in [2.45, 2.75) is 99.3 Å². The Morgan fingerprint density at radius 3 is 1.73 bits per heavy atom. The first-order valence-corrected chi connectivity index (χ1v) is 13.2. The summed E-state index contributed by atoms with van der Waals surface area (Å²) in [6.45, 7) is 21.5. The zero-order chi connectivity index (χ0) is 26.2. The number of rotatable bonds is 10. The van der Waals surface area contributed by atoms with Crippen molar-refractivity contribution in [1.82, 2.24) is 0 Å². The highest BCUT2D eigenvalue weighted by atomic mass is 32.2. The molecule has 0 radical (unpaired) electrons. The Balaban J connectivity index is 4.29. The van der Waals surface area contributed by atoms with Crippen LogP contribution < -0.4 is 9.47 Å². The molecule has 0 aliphatic heterocycles. The SMILES string of the molecule is CCc1c(OC)c(OC)c(S(=O)(=O)O)c(O)c1C(C(C)(C)CC(C)C)C(C)(C)CC(C)(C)C. The third-order valence-corrected chi connectivity index (χ3v) is 7.17. The van der Waals surface area contributed by atoms with Gasteiger partial charge in [-0.15, -0.1) is 0 Å². The molecule has 192 valence electrons. The maximum atomic E-state index is 12.4. The summed E-state index contributed by atoms with van der Waals surface area (Å²) < 4.78 is 45.9. The fourth-order valence-electron chi connectivity index (χ4n) is 6.52. The van der Waals surface area contributed by atoms with E-state index in [4.69, 9.17) is 9.47 Å². The monoisotopic (exact) mass is 486 g/mol. The van der Waals surface area contributed by atoms with Gasteiger partial charge in [0.15, 0.2) is 16.4 Å². The van der Waals surface area contributed by atoms with Gasteiger partial charge in [0.2, 0.25) is 0 Å². The predicted molar refractivity (Wildman–Crippen MR) is 134 cm³/mol. The van der Waals surface area contributed by atoms with E-state index in [2.05, 4.69) is 62.3 Å². The molecule has 0 bridgehead atoms. The van der Waals surface area contributed by atoms with Crippen molar-refractivity contribution >= 4 is 10.1 Å². The molecule has 0 amide bonds. The van der Waals surface area contributed by atoms with Crippen molar-refractivity contribution in [1.29, 1.82) is 0 Å². The van der Waals surface area contributed by atoms with Crippen molar-refractivity contribution in [3.63, 3.8) is 0 Å². The lowest BCUT2D eigenvalue weighted by atomic mass is 9.55.